The minimum absolute atomic E-state index is 0.0584. The van der Waals surface area contributed by atoms with Crippen molar-refractivity contribution in [3.05, 3.63) is 65.2 Å². The number of carbonyl (C=O) groups is 2. The van der Waals surface area contributed by atoms with Gasteiger partial charge in [0.15, 0.2) is 0 Å². The summed E-state index contributed by atoms with van der Waals surface area (Å²) in [5.41, 5.74) is 7.07. The van der Waals surface area contributed by atoms with Crippen LogP contribution in [0.25, 0.3) is 0 Å². The molecule has 1 saturated heterocycles. The van der Waals surface area contributed by atoms with Crippen LogP contribution in [-0.4, -0.2) is 59.3 Å². The molecule has 0 bridgehead atoms. The Bertz CT molecular complexity index is 1000. The molecule has 1 aliphatic heterocycles. The number of benzene rings is 2. The Balaban J connectivity index is 1.62. The summed E-state index contributed by atoms with van der Waals surface area (Å²) >= 11 is 0. The Morgan fingerprint density at radius 2 is 1.72 bits per heavy atom. The molecule has 0 aliphatic carbocycles. The van der Waals surface area contributed by atoms with Crippen LogP contribution < -0.4 is 15.8 Å². The molecule has 2 aromatic carbocycles. The molecule has 1 amide bonds. The van der Waals surface area contributed by atoms with Gasteiger partial charge in [-0.2, -0.15) is 0 Å². The van der Waals surface area contributed by atoms with Crippen molar-refractivity contribution in [2.75, 3.05) is 19.7 Å². The molecule has 9 heteroatoms. The number of nitrogens with one attached hydrogen (secondary N) is 3. The summed E-state index contributed by atoms with van der Waals surface area (Å²) in [4.78, 5) is 25.9. The van der Waals surface area contributed by atoms with E-state index in [4.69, 9.17) is 21.3 Å². The van der Waals surface area contributed by atoms with Crippen molar-refractivity contribution in [2.24, 2.45) is 5.73 Å². The van der Waals surface area contributed by atoms with Crippen molar-refractivity contribution in [3.63, 3.8) is 0 Å². The molecular formula is C23H27N5O4. The van der Waals surface area contributed by atoms with Crippen molar-refractivity contribution < 1.29 is 19.4 Å². The fourth-order valence-electron chi connectivity index (χ4n) is 3.48. The monoisotopic (exact) mass is 437 g/mol. The first-order chi connectivity index (χ1) is 15.3. The Labute approximate surface area is 186 Å². The zero-order chi connectivity index (χ0) is 23.1. The number of nitrogens with two attached hydrogens (primary N) is 1. The normalized spacial score (nSPS) is 13.9. The van der Waals surface area contributed by atoms with Gasteiger partial charge in [0.1, 0.15) is 24.0 Å². The highest BCUT2D eigenvalue weighted by atomic mass is 16.5. The average Bonchev–Trinajstić information content (AvgIpc) is 3.32. The van der Waals surface area contributed by atoms with Gasteiger partial charge in [0, 0.05) is 29.8 Å². The average molecular weight is 438 g/mol. The first-order valence-electron chi connectivity index (χ1n) is 10.4. The van der Waals surface area contributed by atoms with Crippen LogP contribution >= 0.6 is 0 Å². The van der Waals surface area contributed by atoms with Crippen LogP contribution in [0.3, 0.4) is 0 Å². The molecule has 168 valence electrons. The van der Waals surface area contributed by atoms with Crippen LogP contribution in [0.4, 0.5) is 0 Å². The van der Waals surface area contributed by atoms with E-state index in [-0.39, 0.29) is 18.9 Å². The van der Waals surface area contributed by atoms with E-state index in [2.05, 4.69) is 5.32 Å². The number of hydrogen-bond donors (Lipinski definition) is 5. The van der Waals surface area contributed by atoms with Crippen LogP contribution in [0.5, 0.6) is 5.75 Å². The lowest BCUT2D eigenvalue weighted by atomic mass is 10.1. The Hall–Kier alpha value is -3.88. The number of amides is 1. The zero-order valence-electron chi connectivity index (χ0n) is 17.6. The van der Waals surface area contributed by atoms with E-state index in [1.807, 2.05) is 4.90 Å². The number of carbonyl (C=O) groups excluding carboxylic acids is 1. The number of carboxylic acids is 1. The van der Waals surface area contributed by atoms with Crippen molar-refractivity contribution >= 4 is 23.5 Å². The van der Waals surface area contributed by atoms with Crippen molar-refractivity contribution in [2.45, 2.75) is 25.3 Å². The second-order valence-corrected chi connectivity index (χ2v) is 7.64. The molecule has 1 atom stereocenters. The topological polar surface area (TPSA) is 153 Å². The van der Waals surface area contributed by atoms with E-state index in [1.54, 1.807) is 48.5 Å². The number of hydrogen-bond acceptors (Lipinski definition) is 5. The largest absolute Gasteiger partial charge is 0.491 e. The molecular weight excluding hydrogens is 410 g/mol. The number of likely N-dealkylation sites (tertiary alicyclic amines) is 1. The molecule has 9 nitrogen and oxygen atoms in total. The SMILES string of the molecule is N=C(N)c1cccc(OC[C@@H](CC(=O)O)NC(=O)c2ccc(C(=N)N3CCCC3)cc2)c1. The second kappa shape index (κ2) is 10.4. The summed E-state index contributed by atoms with van der Waals surface area (Å²) in [6, 6.07) is 12.5. The molecule has 0 aromatic heterocycles. The maximum Gasteiger partial charge on any atom is 0.305 e. The predicted molar refractivity (Wildman–Crippen MR) is 121 cm³/mol. The van der Waals surface area contributed by atoms with E-state index in [1.165, 1.54) is 0 Å². The lowest BCUT2D eigenvalue weighted by Gasteiger charge is -2.19. The summed E-state index contributed by atoms with van der Waals surface area (Å²) in [6.45, 7) is 1.68. The summed E-state index contributed by atoms with van der Waals surface area (Å²) in [5, 5.41) is 27.7. The lowest BCUT2D eigenvalue weighted by Crippen LogP contribution is -2.40. The third-order valence-electron chi connectivity index (χ3n) is 5.20. The molecule has 1 heterocycles. The van der Waals surface area contributed by atoms with Crippen molar-refractivity contribution in [3.8, 4) is 5.75 Å². The fourth-order valence-corrected chi connectivity index (χ4v) is 3.48. The molecule has 6 N–H and O–H groups in total. The summed E-state index contributed by atoms with van der Waals surface area (Å²) < 4.78 is 5.64. The summed E-state index contributed by atoms with van der Waals surface area (Å²) in [6.07, 6.45) is 1.85. The maximum absolute atomic E-state index is 12.7. The van der Waals surface area contributed by atoms with Gasteiger partial charge in [-0.3, -0.25) is 20.4 Å². The van der Waals surface area contributed by atoms with E-state index in [0.717, 1.165) is 31.5 Å². The van der Waals surface area contributed by atoms with Crippen LogP contribution in [0.1, 0.15) is 40.7 Å². The van der Waals surface area contributed by atoms with Gasteiger partial charge in [0.2, 0.25) is 0 Å². The molecule has 0 spiro atoms. The Morgan fingerprint density at radius 1 is 1.06 bits per heavy atom. The maximum atomic E-state index is 12.7. The highest BCUT2D eigenvalue weighted by Crippen LogP contribution is 2.15. The number of rotatable bonds is 9. The van der Waals surface area contributed by atoms with Crippen LogP contribution in [0.2, 0.25) is 0 Å². The van der Waals surface area contributed by atoms with Crippen LogP contribution in [-0.2, 0) is 4.79 Å². The van der Waals surface area contributed by atoms with Gasteiger partial charge in [-0.15, -0.1) is 0 Å². The van der Waals surface area contributed by atoms with E-state index in [0.29, 0.717) is 22.7 Å². The first-order valence-corrected chi connectivity index (χ1v) is 10.4. The van der Waals surface area contributed by atoms with E-state index in [9.17, 15) is 14.7 Å². The highest BCUT2D eigenvalue weighted by molar-refractivity contribution is 5.99. The van der Waals surface area contributed by atoms with Gasteiger partial charge < -0.3 is 25.8 Å². The smallest absolute Gasteiger partial charge is 0.305 e. The number of amidine groups is 2. The van der Waals surface area contributed by atoms with Crippen LogP contribution in [0, 0.1) is 10.8 Å². The van der Waals surface area contributed by atoms with Crippen molar-refractivity contribution in [1.29, 1.82) is 10.8 Å². The van der Waals surface area contributed by atoms with Crippen molar-refractivity contribution in [1.82, 2.24) is 10.2 Å². The minimum atomic E-state index is -1.06. The van der Waals surface area contributed by atoms with Gasteiger partial charge in [0.25, 0.3) is 5.91 Å². The standard InChI is InChI=1S/C23H27N5O4/c24-21(25)17-4-3-5-19(12-17)32-14-18(13-20(29)30)27-23(31)16-8-6-15(7-9-16)22(26)28-10-1-2-11-28/h3-9,12,18,26H,1-2,10-11,13-14H2,(H3,24,25)(H,27,31)(H,29,30)/t18-/m1/s1. The first kappa shape index (κ1) is 22.8. The summed E-state index contributed by atoms with van der Waals surface area (Å²) in [5.74, 6) is -0.721. The second-order valence-electron chi connectivity index (χ2n) is 7.64. The van der Waals surface area contributed by atoms with Gasteiger partial charge in [-0.05, 0) is 37.1 Å². The highest BCUT2D eigenvalue weighted by Gasteiger charge is 2.20. The van der Waals surface area contributed by atoms with Gasteiger partial charge >= 0.3 is 5.97 Å². The quantitative estimate of drug-likeness (QED) is 0.299. The van der Waals surface area contributed by atoms with Gasteiger partial charge in [-0.25, -0.2) is 0 Å². The predicted octanol–water partition coefficient (Wildman–Crippen LogP) is 2.04. The molecule has 0 unspecified atom stereocenters. The van der Waals surface area contributed by atoms with Crippen LogP contribution in [0.15, 0.2) is 48.5 Å². The molecule has 32 heavy (non-hydrogen) atoms. The number of aliphatic carboxylic acids is 1. The number of carboxylic acid groups (broad SMARTS) is 1. The molecule has 2 aromatic rings. The fraction of sp³-hybridized carbons (Fsp3) is 0.304. The molecule has 3 rings (SSSR count). The minimum Gasteiger partial charge on any atom is -0.491 e. The summed E-state index contributed by atoms with van der Waals surface area (Å²) in [7, 11) is 0. The Kier molecular flexibility index (Phi) is 7.43. The number of nitrogens with zero attached hydrogens (tertiary/aromatic N) is 1. The van der Waals surface area contributed by atoms with Gasteiger partial charge in [-0.1, -0.05) is 24.3 Å². The third kappa shape index (κ3) is 6.07. The lowest BCUT2D eigenvalue weighted by molar-refractivity contribution is -0.137. The third-order valence-corrected chi connectivity index (χ3v) is 5.20. The number of nitrogen functional groups attached to an aromatic ring is 1. The van der Waals surface area contributed by atoms with Gasteiger partial charge in [0.05, 0.1) is 12.5 Å². The molecule has 0 saturated carbocycles. The zero-order valence-corrected chi connectivity index (χ0v) is 17.6. The molecule has 0 radical (unpaired) electrons. The number of ether oxygens (including phenoxy) is 1. The molecule has 1 fully saturated rings. The van der Waals surface area contributed by atoms with E-state index >= 15 is 0 Å². The van der Waals surface area contributed by atoms with E-state index < -0.39 is 17.9 Å². The Morgan fingerprint density at radius 3 is 2.34 bits per heavy atom. The molecule has 1 aliphatic rings.